The number of hydrogen-bond donors (Lipinski definition) is 2. The first kappa shape index (κ1) is 18.8. The fraction of sp³-hybridized carbons (Fsp3) is 0.150. The number of carbonyl (C=O) groups excluding carboxylic acids is 2. The Balaban J connectivity index is 1.39. The first-order valence-electron chi connectivity index (χ1n) is 8.83. The van der Waals surface area contributed by atoms with Crippen molar-refractivity contribution in [1.29, 1.82) is 0 Å². The van der Waals surface area contributed by atoms with Crippen LogP contribution in [0, 0.1) is 0 Å². The molecule has 0 saturated carbocycles. The summed E-state index contributed by atoms with van der Waals surface area (Å²) in [6.45, 7) is 2.26. The quantitative estimate of drug-likeness (QED) is 0.591. The molecule has 9 heteroatoms. The van der Waals surface area contributed by atoms with Gasteiger partial charge in [0.1, 0.15) is 5.69 Å². The van der Waals surface area contributed by atoms with Gasteiger partial charge < -0.3 is 24.8 Å². The van der Waals surface area contributed by atoms with Crippen LogP contribution < -0.4 is 20.1 Å². The van der Waals surface area contributed by atoms with Crippen molar-refractivity contribution < 1.29 is 23.8 Å². The van der Waals surface area contributed by atoms with E-state index in [2.05, 4.69) is 15.6 Å². The lowest BCUT2D eigenvalue weighted by molar-refractivity contribution is 0.0526. The molecule has 4 rings (SSSR count). The maximum Gasteiger partial charge on any atom is 0.338 e. The van der Waals surface area contributed by atoms with Crippen molar-refractivity contribution in [1.82, 2.24) is 4.98 Å². The average molecular weight is 411 g/mol. The number of hydrogen-bond acceptors (Lipinski definition) is 8. The highest BCUT2D eigenvalue weighted by Gasteiger charge is 2.15. The van der Waals surface area contributed by atoms with Crippen molar-refractivity contribution in [2.45, 2.75) is 6.92 Å². The first-order valence-corrected chi connectivity index (χ1v) is 9.71. The topological polar surface area (TPSA) is 98.8 Å². The largest absolute Gasteiger partial charge is 0.462 e. The summed E-state index contributed by atoms with van der Waals surface area (Å²) in [5.74, 6) is 0.618. The van der Waals surface area contributed by atoms with Crippen LogP contribution in [-0.2, 0) is 4.74 Å². The molecule has 0 radical (unpaired) electrons. The van der Waals surface area contributed by atoms with Gasteiger partial charge in [-0.1, -0.05) is 0 Å². The predicted molar refractivity (Wildman–Crippen MR) is 108 cm³/mol. The van der Waals surface area contributed by atoms with Gasteiger partial charge in [-0.2, -0.15) is 0 Å². The molecular formula is C20H17N3O5S. The SMILES string of the molecule is CCOC(=O)c1ccc(NC(=O)c2csc(Nc3ccc4c(c3)OCO4)n2)cc1. The molecule has 3 aromatic rings. The average Bonchev–Trinajstić information content (AvgIpc) is 3.38. The number of nitrogens with zero attached hydrogens (tertiary/aromatic N) is 1. The Morgan fingerprint density at radius 3 is 2.66 bits per heavy atom. The van der Waals surface area contributed by atoms with E-state index in [1.54, 1.807) is 36.6 Å². The van der Waals surface area contributed by atoms with Gasteiger partial charge >= 0.3 is 5.97 Å². The lowest BCUT2D eigenvalue weighted by Gasteiger charge is -2.05. The van der Waals surface area contributed by atoms with Crippen molar-refractivity contribution in [3.63, 3.8) is 0 Å². The lowest BCUT2D eigenvalue weighted by atomic mass is 10.2. The smallest absolute Gasteiger partial charge is 0.338 e. The number of esters is 1. The zero-order valence-corrected chi connectivity index (χ0v) is 16.2. The molecule has 0 spiro atoms. The third kappa shape index (κ3) is 4.30. The van der Waals surface area contributed by atoms with Crippen LogP contribution >= 0.6 is 11.3 Å². The third-order valence-electron chi connectivity index (χ3n) is 4.01. The summed E-state index contributed by atoms with van der Waals surface area (Å²) in [5, 5.41) is 8.14. The van der Waals surface area contributed by atoms with E-state index in [1.165, 1.54) is 11.3 Å². The van der Waals surface area contributed by atoms with E-state index in [-0.39, 0.29) is 18.4 Å². The number of anilines is 3. The monoisotopic (exact) mass is 411 g/mol. The molecule has 1 amide bonds. The minimum atomic E-state index is -0.399. The van der Waals surface area contributed by atoms with Crippen LogP contribution in [0.25, 0.3) is 0 Å². The number of aromatic nitrogens is 1. The molecule has 1 aromatic heterocycles. The standard InChI is InChI=1S/C20H17N3O5S/c1-2-26-19(25)12-3-5-13(6-4-12)21-18(24)15-10-29-20(23-15)22-14-7-8-16-17(9-14)28-11-27-16/h3-10H,2,11H2,1H3,(H,21,24)(H,22,23). The number of fused-ring (bicyclic) bond motifs is 1. The van der Waals surface area contributed by atoms with Gasteiger partial charge in [-0.05, 0) is 43.3 Å². The Labute approximate surface area is 170 Å². The highest BCUT2D eigenvalue weighted by atomic mass is 32.1. The van der Waals surface area contributed by atoms with Crippen LogP contribution in [0.4, 0.5) is 16.5 Å². The van der Waals surface area contributed by atoms with Crippen molar-refractivity contribution in [2.75, 3.05) is 24.0 Å². The lowest BCUT2D eigenvalue weighted by Crippen LogP contribution is -2.12. The summed E-state index contributed by atoms with van der Waals surface area (Å²) in [4.78, 5) is 28.4. The summed E-state index contributed by atoms with van der Waals surface area (Å²) in [6, 6.07) is 12.0. The molecule has 8 nitrogen and oxygen atoms in total. The summed E-state index contributed by atoms with van der Waals surface area (Å²) in [7, 11) is 0. The van der Waals surface area contributed by atoms with Crippen molar-refractivity contribution in [2.24, 2.45) is 0 Å². The molecule has 0 bridgehead atoms. The summed E-state index contributed by atoms with van der Waals surface area (Å²) >= 11 is 1.31. The van der Waals surface area contributed by atoms with Crippen molar-refractivity contribution in [3.8, 4) is 11.5 Å². The first-order chi connectivity index (χ1) is 14.1. The van der Waals surface area contributed by atoms with Gasteiger partial charge in [0.15, 0.2) is 16.6 Å². The summed E-state index contributed by atoms with van der Waals surface area (Å²) in [5.41, 5.74) is 2.05. The van der Waals surface area contributed by atoms with E-state index < -0.39 is 5.97 Å². The maximum atomic E-state index is 12.4. The second kappa shape index (κ2) is 8.19. The second-order valence-corrected chi connectivity index (χ2v) is 6.84. The molecule has 1 aliphatic rings. The number of ether oxygens (including phenoxy) is 3. The number of nitrogens with one attached hydrogen (secondary N) is 2. The normalized spacial score (nSPS) is 11.8. The van der Waals surface area contributed by atoms with Crippen LogP contribution in [0.5, 0.6) is 11.5 Å². The zero-order valence-electron chi connectivity index (χ0n) is 15.4. The molecule has 2 heterocycles. The predicted octanol–water partition coefficient (Wildman–Crippen LogP) is 4.04. The van der Waals surface area contributed by atoms with Crippen LogP contribution in [0.2, 0.25) is 0 Å². The van der Waals surface area contributed by atoms with E-state index in [4.69, 9.17) is 14.2 Å². The van der Waals surface area contributed by atoms with Gasteiger partial charge in [0.2, 0.25) is 6.79 Å². The minimum Gasteiger partial charge on any atom is -0.462 e. The number of carbonyl (C=O) groups is 2. The van der Waals surface area contributed by atoms with E-state index in [9.17, 15) is 9.59 Å². The van der Waals surface area contributed by atoms with Gasteiger partial charge in [0.25, 0.3) is 5.91 Å². The second-order valence-electron chi connectivity index (χ2n) is 5.98. The van der Waals surface area contributed by atoms with E-state index >= 15 is 0 Å². The Kier molecular flexibility index (Phi) is 5.30. The Morgan fingerprint density at radius 1 is 1.10 bits per heavy atom. The third-order valence-corrected chi connectivity index (χ3v) is 4.77. The van der Waals surface area contributed by atoms with Gasteiger partial charge in [-0.15, -0.1) is 11.3 Å². The maximum absolute atomic E-state index is 12.4. The van der Waals surface area contributed by atoms with Crippen molar-refractivity contribution >= 4 is 39.7 Å². The summed E-state index contributed by atoms with van der Waals surface area (Å²) < 4.78 is 15.6. The number of thiazole rings is 1. The molecule has 148 valence electrons. The molecule has 29 heavy (non-hydrogen) atoms. The zero-order chi connectivity index (χ0) is 20.2. The minimum absolute atomic E-state index is 0.209. The molecule has 0 saturated heterocycles. The highest BCUT2D eigenvalue weighted by molar-refractivity contribution is 7.14. The molecule has 0 unspecified atom stereocenters. The number of benzene rings is 2. The van der Waals surface area contributed by atoms with Crippen LogP contribution in [0.15, 0.2) is 47.8 Å². The van der Waals surface area contributed by atoms with Gasteiger partial charge in [-0.25, -0.2) is 9.78 Å². The molecular weight excluding hydrogens is 394 g/mol. The summed E-state index contributed by atoms with van der Waals surface area (Å²) in [6.07, 6.45) is 0. The van der Waals surface area contributed by atoms with Crippen LogP contribution in [0.3, 0.4) is 0 Å². The number of amides is 1. The Bertz CT molecular complexity index is 1050. The fourth-order valence-corrected chi connectivity index (χ4v) is 3.34. The van der Waals surface area contributed by atoms with E-state index in [1.807, 2.05) is 18.2 Å². The number of rotatable bonds is 6. The molecule has 1 aliphatic heterocycles. The molecule has 0 atom stereocenters. The van der Waals surface area contributed by atoms with Gasteiger partial charge in [0.05, 0.1) is 12.2 Å². The van der Waals surface area contributed by atoms with E-state index in [0.29, 0.717) is 34.5 Å². The Hall–Kier alpha value is -3.59. The Morgan fingerprint density at radius 2 is 1.86 bits per heavy atom. The molecule has 2 aromatic carbocycles. The van der Waals surface area contributed by atoms with Gasteiger partial charge in [-0.3, -0.25) is 4.79 Å². The fourth-order valence-electron chi connectivity index (χ4n) is 2.63. The highest BCUT2D eigenvalue weighted by Crippen LogP contribution is 2.35. The van der Waals surface area contributed by atoms with Crippen LogP contribution in [-0.4, -0.2) is 30.3 Å². The van der Waals surface area contributed by atoms with Crippen molar-refractivity contribution in [3.05, 3.63) is 59.1 Å². The molecule has 0 fully saturated rings. The molecule has 0 aliphatic carbocycles. The van der Waals surface area contributed by atoms with Crippen LogP contribution in [0.1, 0.15) is 27.8 Å². The molecule has 2 N–H and O–H groups in total. The van der Waals surface area contributed by atoms with E-state index in [0.717, 1.165) is 5.69 Å². The van der Waals surface area contributed by atoms with Gasteiger partial charge in [0, 0.05) is 22.8 Å².